The van der Waals surface area contributed by atoms with E-state index in [0.717, 1.165) is 10.0 Å². The van der Waals surface area contributed by atoms with Gasteiger partial charge in [0.15, 0.2) is 0 Å². The smallest absolute Gasteiger partial charge is 0.0849 e. The summed E-state index contributed by atoms with van der Waals surface area (Å²) in [4.78, 5) is 0. The number of fused-ring (bicyclic) bond motifs is 1. The summed E-state index contributed by atoms with van der Waals surface area (Å²) in [5.41, 5.74) is 2.31. The maximum absolute atomic E-state index is 6.61. The molecule has 0 aliphatic carbocycles. The first-order chi connectivity index (χ1) is 8.75. The summed E-state index contributed by atoms with van der Waals surface area (Å²) in [5.74, 6) is 0. The third-order valence-electron chi connectivity index (χ3n) is 2.93. The lowest BCUT2D eigenvalue weighted by Crippen LogP contribution is -1.91. The molecule has 0 saturated heterocycles. The molecule has 18 heavy (non-hydrogen) atoms. The lowest BCUT2D eigenvalue weighted by Gasteiger charge is -2.09. The van der Waals surface area contributed by atoms with E-state index in [-0.39, 0.29) is 5.38 Å². The molecule has 1 heterocycles. The van der Waals surface area contributed by atoms with E-state index in [2.05, 4.69) is 57.7 Å². The first-order valence-corrected chi connectivity index (χ1v) is 7.72. The van der Waals surface area contributed by atoms with E-state index >= 15 is 0 Å². The highest BCUT2D eigenvalue weighted by Crippen LogP contribution is 2.37. The lowest BCUT2D eigenvalue weighted by molar-refractivity contribution is 1.17. The molecule has 2 aromatic carbocycles. The minimum atomic E-state index is -0.0985. The third-order valence-corrected chi connectivity index (χ3v) is 4.89. The van der Waals surface area contributed by atoms with E-state index in [0.29, 0.717) is 0 Å². The van der Waals surface area contributed by atoms with Crippen LogP contribution < -0.4 is 0 Å². The molecule has 1 atom stereocenters. The maximum atomic E-state index is 6.61. The molecule has 0 bridgehead atoms. The number of halogens is 2. The van der Waals surface area contributed by atoms with E-state index in [9.17, 15) is 0 Å². The molecule has 1 aromatic heterocycles. The average Bonchev–Trinajstić information content (AvgIpc) is 2.82. The largest absolute Gasteiger partial charge is 0.143 e. The summed E-state index contributed by atoms with van der Waals surface area (Å²) in [6, 6.07) is 16.6. The number of alkyl halides is 1. The van der Waals surface area contributed by atoms with Gasteiger partial charge in [0.05, 0.1) is 5.38 Å². The molecular formula is C15H10BrClS. The Hall–Kier alpha value is -0.830. The van der Waals surface area contributed by atoms with Crippen LogP contribution in [0.5, 0.6) is 0 Å². The van der Waals surface area contributed by atoms with Gasteiger partial charge in [0.1, 0.15) is 0 Å². The zero-order valence-corrected chi connectivity index (χ0v) is 12.6. The fourth-order valence-electron chi connectivity index (χ4n) is 2.04. The summed E-state index contributed by atoms with van der Waals surface area (Å²) in [5, 5.41) is 3.31. The quantitative estimate of drug-likeness (QED) is 0.504. The van der Waals surface area contributed by atoms with Crippen LogP contribution in [0.2, 0.25) is 0 Å². The highest BCUT2D eigenvalue weighted by Gasteiger charge is 2.15. The molecule has 0 aliphatic heterocycles. The highest BCUT2D eigenvalue weighted by molar-refractivity contribution is 9.10. The second-order valence-electron chi connectivity index (χ2n) is 4.10. The molecule has 3 rings (SSSR count). The SMILES string of the molecule is ClC(c1cccc(Br)c1)c1csc2ccccc12. The predicted molar refractivity (Wildman–Crippen MR) is 83.7 cm³/mol. The van der Waals surface area contributed by atoms with Crippen molar-refractivity contribution in [3.05, 3.63) is 69.5 Å². The Morgan fingerprint density at radius 1 is 1.06 bits per heavy atom. The fraction of sp³-hybridized carbons (Fsp3) is 0.0667. The molecule has 0 amide bonds. The summed E-state index contributed by atoms with van der Waals surface area (Å²) >= 11 is 11.8. The van der Waals surface area contributed by atoms with Gasteiger partial charge in [0.2, 0.25) is 0 Å². The Labute approximate surface area is 123 Å². The van der Waals surface area contributed by atoms with Crippen molar-refractivity contribution < 1.29 is 0 Å². The Bertz CT molecular complexity index is 690. The van der Waals surface area contributed by atoms with Crippen molar-refractivity contribution in [1.29, 1.82) is 0 Å². The molecule has 0 saturated carbocycles. The molecule has 0 radical (unpaired) electrons. The summed E-state index contributed by atoms with van der Waals surface area (Å²) < 4.78 is 2.35. The van der Waals surface area contributed by atoms with Gasteiger partial charge in [0.25, 0.3) is 0 Å². The fourth-order valence-corrected chi connectivity index (χ4v) is 3.83. The maximum Gasteiger partial charge on any atom is 0.0849 e. The molecule has 0 spiro atoms. The standard InChI is InChI=1S/C15H10BrClS/c16-11-5-3-4-10(8-11)15(17)13-9-18-14-7-2-1-6-12(13)14/h1-9,15H. The van der Waals surface area contributed by atoms with Gasteiger partial charge < -0.3 is 0 Å². The number of thiophene rings is 1. The minimum absolute atomic E-state index is 0.0985. The van der Waals surface area contributed by atoms with Crippen molar-refractivity contribution in [1.82, 2.24) is 0 Å². The van der Waals surface area contributed by atoms with Gasteiger partial charge in [-0.3, -0.25) is 0 Å². The minimum Gasteiger partial charge on any atom is -0.143 e. The van der Waals surface area contributed by atoms with E-state index in [4.69, 9.17) is 11.6 Å². The number of hydrogen-bond donors (Lipinski definition) is 0. The van der Waals surface area contributed by atoms with Crippen molar-refractivity contribution in [2.24, 2.45) is 0 Å². The van der Waals surface area contributed by atoms with E-state index < -0.39 is 0 Å². The molecule has 3 heteroatoms. The number of benzene rings is 2. The first-order valence-electron chi connectivity index (χ1n) is 5.61. The first kappa shape index (κ1) is 12.2. The van der Waals surface area contributed by atoms with Crippen LogP contribution in [0.25, 0.3) is 10.1 Å². The lowest BCUT2D eigenvalue weighted by atomic mass is 10.0. The normalized spacial score (nSPS) is 12.8. The molecule has 0 N–H and O–H groups in total. The topological polar surface area (TPSA) is 0 Å². The van der Waals surface area contributed by atoms with Gasteiger partial charge in [-0.2, -0.15) is 0 Å². The van der Waals surface area contributed by atoms with Gasteiger partial charge >= 0.3 is 0 Å². The van der Waals surface area contributed by atoms with E-state index in [1.165, 1.54) is 15.6 Å². The van der Waals surface area contributed by atoms with Gasteiger partial charge in [-0.25, -0.2) is 0 Å². The second kappa shape index (κ2) is 5.04. The molecule has 1 unspecified atom stereocenters. The average molecular weight is 338 g/mol. The monoisotopic (exact) mass is 336 g/mol. The Kier molecular flexibility index (Phi) is 3.42. The van der Waals surface area contributed by atoms with Crippen LogP contribution >= 0.6 is 38.9 Å². The molecule has 0 fully saturated rings. The summed E-state index contributed by atoms with van der Waals surface area (Å²) in [7, 11) is 0. The van der Waals surface area contributed by atoms with Crippen LogP contribution in [0.3, 0.4) is 0 Å². The molecule has 3 aromatic rings. The van der Waals surface area contributed by atoms with Crippen LogP contribution in [0, 0.1) is 0 Å². The van der Waals surface area contributed by atoms with Gasteiger partial charge in [-0.15, -0.1) is 22.9 Å². The number of rotatable bonds is 2. The van der Waals surface area contributed by atoms with Crippen LogP contribution in [-0.4, -0.2) is 0 Å². The predicted octanol–water partition coefficient (Wildman–Crippen LogP) is 5.99. The Morgan fingerprint density at radius 2 is 1.89 bits per heavy atom. The zero-order chi connectivity index (χ0) is 12.5. The van der Waals surface area contributed by atoms with Crippen molar-refractivity contribution in [3.63, 3.8) is 0 Å². The van der Waals surface area contributed by atoms with Gasteiger partial charge in [0, 0.05) is 9.17 Å². The van der Waals surface area contributed by atoms with Crippen LogP contribution in [0.1, 0.15) is 16.5 Å². The number of hydrogen-bond acceptors (Lipinski definition) is 1. The van der Waals surface area contributed by atoms with E-state index in [1.54, 1.807) is 11.3 Å². The Balaban J connectivity index is 2.09. The second-order valence-corrected chi connectivity index (χ2v) is 6.37. The summed E-state index contributed by atoms with van der Waals surface area (Å²) in [6.07, 6.45) is 0. The third kappa shape index (κ3) is 2.20. The van der Waals surface area contributed by atoms with Crippen molar-refractivity contribution in [2.45, 2.75) is 5.38 Å². The van der Waals surface area contributed by atoms with Crippen LogP contribution in [0.15, 0.2) is 58.4 Å². The van der Waals surface area contributed by atoms with Crippen molar-refractivity contribution >= 4 is 49.0 Å². The van der Waals surface area contributed by atoms with Crippen LogP contribution in [-0.2, 0) is 0 Å². The van der Waals surface area contributed by atoms with Crippen molar-refractivity contribution in [3.8, 4) is 0 Å². The zero-order valence-electron chi connectivity index (χ0n) is 9.44. The van der Waals surface area contributed by atoms with Gasteiger partial charge in [-0.1, -0.05) is 46.3 Å². The highest BCUT2D eigenvalue weighted by atomic mass is 79.9. The van der Waals surface area contributed by atoms with Crippen molar-refractivity contribution in [2.75, 3.05) is 0 Å². The molecule has 0 nitrogen and oxygen atoms in total. The van der Waals surface area contributed by atoms with E-state index in [1.807, 2.05) is 12.1 Å². The molecule has 0 aliphatic rings. The van der Waals surface area contributed by atoms with Crippen LogP contribution in [0.4, 0.5) is 0 Å². The Morgan fingerprint density at radius 3 is 2.72 bits per heavy atom. The molecular weight excluding hydrogens is 328 g/mol. The molecule has 90 valence electrons. The van der Waals surface area contributed by atoms with Gasteiger partial charge in [-0.05, 0) is 40.1 Å². The summed E-state index contributed by atoms with van der Waals surface area (Å²) in [6.45, 7) is 0.